The molecule has 1 unspecified atom stereocenters. The molecule has 0 spiro atoms. The van der Waals surface area contributed by atoms with Crippen molar-refractivity contribution in [3.63, 3.8) is 0 Å². The van der Waals surface area contributed by atoms with E-state index >= 15 is 0 Å². The minimum Gasteiger partial charge on any atom is -0.287 e. The van der Waals surface area contributed by atoms with E-state index in [2.05, 4.69) is 81.1 Å². The molecule has 8 heteroatoms. The zero-order valence-electron chi connectivity index (χ0n) is 23.7. The van der Waals surface area contributed by atoms with Gasteiger partial charge in [-0.1, -0.05) is 57.3 Å². The number of hydrogen-bond acceptors (Lipinski definition) is 3. The third-order valence-electron chi connectivity index (χ3n) is 7.00. The second kappa shape index (κ2) is 17.6. The van der Waals surface area contributed by atoms with Gasteiger partial charge in [0.05, 0.1) is 21.9 Å². The fraction of sp³-hybridized carbons (Fsp3) is 0.484. The van der Waals surface area contributed by atoms with E-state index in [1.54, 1.807) is 11.2 Å². The molecule has 39 heavy (non-hydrogen) atoms. The highest BCUT2D eigenvalue weighted by Gasteiger charge is 2.25. The molecule has 4 rings (SSSR count). The highest BCUT2D eigenvalue weighted by molar-refractivity contribution is 7.88. The van der Waals surface area contributed by atoms with Crippen LogP contribution in [0.25, 0.3) is 0 Å². The molecule has 1 atom stereocenters. The number of piperidine rings is 2. The van der Waals surface area contributed by atoms with Crippen molar-refractivity contribution in [2.45, 2.75) is 64.0 Å². The average Bonchev–Trinajstić information content (AvgIpc) is 2.94. The van der Waals surface area contributed by atoms with E-state index in [1.165, 1.54) is 48.9 Å². The first-order valence-electron chi connectivity index (χ1n) is 13.6. The Kier molecular flexibility index (Phi) is 15.0. The third kappa shape index (κ3) is 12.4. The predicted molar refractivity (Wildman–Crippen MR) is 171 cm³/mol. The lowest BCUT2D eigenvalue weighted by molar-refractivity contribution is 0.321. The maximum Gasteiger partial charge on any atom is 0.211 e. The zero-order valence-corrected chi connectivity index (χ0v) is 25.7. The van der Waals surface area contributed by atoms with Crippen LogP contribution in [0.1, 0.15) is 66.7 Å². The minimum atomic E-state index is -3.05. The summed E-state index contributed by atoms with van der Waals surface area (Å²) < 4.78 is 26.8. The van der Waals surface area contributed by atoms with Crippen LogP contribution in [-0.4, -0.2) is 65.5 Å². The number of hydrogen-bond donors (Lipinski definition) is 0. The summed E-state index contributed by atoms with van der Waals surface area (Å²) in [5.41, 5.74) is 5.11. The topological polar surface area (TPSA) is 40.6 Å². The van der Waals surface area contributed by atoms with Crippen molar-refractivity contribution in [2.75, 3.05) is 32.4 Å². The molecule has 0 amide bonds. The molecule has 2 aromatic rings. The van der Waals surface area contributed by atoms with Gasteiger partial charge in [-0.25, -0.2) is 12.7 Å². The molecule has 0 aliphatic carbocycles. The molecule has 2 fully saturated rings. The van der Waals surface area contributed by atoms with Crippen LogP contribution in [0.5, 0.6) is 0 Å². The van der Waals surface area contributed by atoms with Crippen LogP contribution < -0.4 is 0 Å². The van der Waals surface area contributed by atoms with E-state index in [-0.39, 0.29) is 0 Å². The molecule has 2 aromatic carbocycles. The van der Waals surface area contributed by atoms with Crippen LogP contribution in [0.2, 0.25) is 12.6 Å². The lowest BCUT2D eigenvalue weighted by Crippen LogP contribution is -2.37. The SMILES string of the molecule is Cc1ccc(C2CCN(P)CC2)cc1.[B]CC#CC.[B]CC#Cc1ccc(C2CCN(S(C)(=O)=O)CC2)cc1. The summed E-state index contributed by atoms with van der Waals surface area (Å²) in [7, 11) is 10.1. The van der Waals surface area contributed by atoms with Gasteiger partial charge in [0.15, 0.2) is 0 Å². The van der Waals surface area contributed by atoms with Crippen LogP contribution in [0.4, 0.5) is 0 Å². The third-order valence-corrected chi connectivity index (χ3v) is 8.82. The van der Waals surface area contributed by atoms with Gasteiger partial charge in [-0.2, -0.15) is 0 Å². The van der Waals surface area contributed by atoms with Gasteiger partial charge in [-0.15, -0.1) is 17.8 Å². The van der Waals surface area contributed by atoms with Crippen molar-refractivity contribution in [1.29, 1.82) is 0 Å². The average molecular weight is 558 g/mol. The molecule has 2 aliphatic rings. The van der Waals surface area contributed by atoms with E-state index in [9.17, 15) is 8.42 Å². The summed E-state index contributed by atoms with van der Waals surface area (Å²) in [5.74, 6) is 12.3. The highest BCUT2D eigenvalue weighted by Crippen LogP contribution is 2.30. The minimum absolute atomic E-state index is 0.367. The molecule has 2 heterocycles. The van der Waals surface area contributed by atoms with Gasteiger partial charge in [0.25, 0.3) is 0 Å². The molecule has 0 N–H and O–H groups in total. The largest absolute Gasteiger partial charge is 0.287 e. The summed E-state index contributed by atoms with van der Waals surface area (Å²) >= 11 is 0. The van der Waals surface area contributed by atoms with Gasteiger partial charge in [-0.05, 0) is 87.3 Å². The Morgan fingerprint density at radius 2 is 1.28 bits per heavy atom. The van der Waals surface area contributed by atoms with Gasteiger partial charge < -0.3 is 0 Å². The van der Waals surface area contributed by atoms with Crippen LogP contribution in [0, 0.1) is 30.6 Å². The number of nitrogens with zero attached hydrogens (tertiary/aromatic N) is 2. The Morgan fingerprint density at radius 3 is 1.69 bits per heavy atom. The Labute approximate surface area is 242 Å². The van der Waals surface area contributed by atoms with E-state index in [1.807, 2.05) is 12.1 Å². The molecule has 204 valence electrons. The molecule has 0 aromatic heterocycles. The van der Waals surface area contributed by atoms with E-state index < -0.39 is 10.0 Å². The Balaban J connectivity index is 0.000000243. The van der Waals surface area contributed by atoms with Crippen LogP contribution in [-0.2, 0) is 10.0 Å². The lowest BCUT2D eigenvalue weighted by Gasteiger charge is -2.30. The molecule has 0 saturated carbocycles. The summed E-state index contributed by atoms with van der Waals surface area (Å²) in [6.07, 6.45) is 6.47. The first-order valence-corrected chi connectivity index (χ1v) is 15.9. The molecule has 4 nitrogen and oxygen atoms in total. The predicted octanol–water partition coefficient (Wildman–Crippen LogP) is 5.32. The second-order valence-electron chi connectivity index (χ2n) is 9.92. The van der Waals surface area contributed by atoms with Gasteiger partial charge in [0, 0.05) is 31.7 Å². The van der Waals surface area contributed by atoms with Crippen molar-refractivity contribution in [2.24, 2.45) is 0 Å². The van der Waals surface area contributed by atoms with Crippen LogP contribution in [0.15, 0.2) is 48.5 Å². The van der Waals surface area contributed by atoms with E-state index in [4.69, 9.17) is 15.7 Å². The van der Waals surface area contributed by atoms with Crippen molar-refractivity contribution < 1.29 is 8.42 Å². The summed E-state index contributed by atoms with van der Waals surface area (Å²) in [5, 5.41) is 0. The Bertz CT molecular complexity index is 1210. The highest BCUT2D eigenvalue weighted by atomic mass is 32.2. The maximum atomic E-state index is 11.5. The first-order chi connectivity index (χ1) is 18.7. The van der Waals surface area contributed by atoms with Crippen LogP contribution >= 0.6 is 9.39 Å². The normalized spacial score (nSPS) is 16.7. The fourth-order valence-corrected chi connectivity index (χ4v) is 5.86. The molecular formula is C31H41B2N2O2PS. The molecule has 2 saturated heterocycles. The molecule has 2 aliphatic heterocycles. The standard InChI is InChI=1S/C15H18BNO2S.C12H18NP.C4H5B/c1-20(18,19)17-11-8-15(9-12-17)14-6-4-13(5-7-14)3-2-10-16;1-10-2-4-11(5-3-10)12-6-8-13(14)9-7-12;1-2-3-4-5/h4-7,15H,8-12H2,1H3;2-5,12H,6-9,14H2,1H3;4H2,1H3. The molecule has 4 radical (unpaired) electrons. The zero-order chi connectivity index (χ0) is 28.7. The van der Waals surface area contributed by atoms with Crippen molar-refractivity contribution in [1.82, 2.24) is 8.98 Å². The smallest absolute Gasteiger partial charge is 0.211 e. The van der Waals surface area contributed by atoms with Gasteiger partial charge in [0.2, 0.25) is 10.0 Å². The van der Waals surface area contributed by atoms with Gasteiger partial charge in [-0.3, -0.25) is 4.67 Å². The summed E-state index contributed by atoms with van der Waals surface area (Å²) in [4.78, 5) is 0. The van der Waals surface area contributed by atoms with Crippen molar-refractivity contribution in [3.8, 4) is 23.7 Å². The van der Waals surface area contributed by atoms with Crippen molar-refractivity contribution in [3.05, 3.63) is 70.8 Å². The second-order valence-corrected chi connectivity index (χ2v) is 12.6. The monoisotopic (exact) mass is 558 g/mol. The number of aryl methyl sites for hydroxylation is 1. The van der Waals surface area contributed by atoms with Crippen molar-refractivity contribution >= 4 is 35.1 Å². The Hall–Kier alpha value is -2.01. The number of rotatable bonds is 3. The molecule has 0 bridgehead atoms. The first kappa shape index (κ1) is 33.2. The summed E-state index contributed by atoms with van der Waals surface area (Å²) in [6, 6.07) is 17.2. The van der Waals surface area contributed by atoms with E-state index in [0.29, 0.717) is 31.6 Å². The van der Waals surface area contributed by atoms with Gasteiger partial charge in [0.1, 0.15) is 0 Å². The van der Waals surface area contributed by atoms with E-state index in [0.717, 1.165) is 24.3 Å². The fourth-order valence-electron chi connectivity index (χ4n) is 4.69. The van der Waals surface area contributed by atoms with Crippen LogP contribution in [0.3, 0.4) is 0 Å². The summed E-state index contributed by atoms with van der Waals surface area (Å²) in [6.45, 7) is 7.56. The maximum absolute atomic E-state index is 11.5. The quantitative estimate of drug-likeness (QED) is 0.291. The molecular weight excluding hydrogens is 517 g/mol. The lowest BCUT2D eigenvalue weighted by atomic mass is 9.90. The number of sulfonamides is 1. The number of benzene rings is 2. The van der Waals surface area contributed by atoms with Gasteiger partial charge >= 0.3 is 0 Å². The Morgan fingerprint density at radius 1 is 0.821 bits per heavy atom.